The molecule has 0 aliphatic heterocycles. The van der Waals surface area contributed by atoms with E-state index in [1.807, 2.05) is 0 Å². The van der Waals surface area contributed by atoms with E-state index in [2.05, 4.69) is 34.6 Å². The van der Waals surface area contributed by atoms with Crippen LogP contribution in [0.3, 0.4) is 0 Å². The summed E-state index contributed by atoms with van der Waals surface area (Å²) in [6.07, 6.45) is 56.9. The lowest BCUT2D eigenvalue weighted by atomic mass is 10.0. The van der Waals surface area contributed by atoms with E-state index in [0.29, 0.717) is 25.7 Å². The normalized spacial score (nSPS) is 14.0. The molecule has 0 saturated carbocycles. The largest absolute Gasteiger partial charge is 0.472 e. The summed E-state index contributed by atoms with van der Waals surface area (Å²) in [5.74, 6) is -1.34. The van der Waals surface area contributed by atoms with Gasteiger partial charge >= 0.3 is 39.5 Å². The van der Waals surface area contributed by atoms with Gasteiger partial charge in [0.1, 0.15) is 19.3 Å². The first kappa shape index (κ1) is 92.1. The van der Waals surface area contributed by atoms with Crippen LogP contribution in [-0.4, -0.2) is 96.7 Å². The van der Waals surface area contributed by atoms with E-state index in [1.54, 1.807) is 0 Å². The number of ether oxygens (including phenoxy) is 4. The number of aliphatic hydroxyl groups excluding tert-OH is 1. The van der Waals surface area contributed by atoms with E-state index < -0.39 is 97.5 Å². The van der Waals surface area contributed by atoms with Crippen LogP contribution in [-0.2, 0) is 65.4 Å². The zero-order valence-corrected chi connectivity index (χ0v) is 62.9. The van der Waals surface area contributed by atoms with Gasteiger partial charge in [-0.2, -0.15) is 0 Å². The van der Waals surface area contributed by atoms with E-state index in [-0.39, 0.29) is 25.7 Å². The van der Waals surface area contributed by atoms with Crippen molar-refractivity contribution in [2.24, 2.45) is 5.92 Å². The highest BCUT2D eigenvalue weighted by molar-refractivity contribution is 7.47. The monoisotopic (exact) mass is 1380 g/mol. The molecular weight excluding hydrogens is 1230 g/mol. The first-order valence-electron chi connectivity index (χ1n) is 39.1. The Morgan fingerprint density at radius 2 is 0.489 bits per heavy atom. The lowest BCUT2D eigenvalue weighted by Crippen LogP contribution is -2.30. The van der Waals surface area contributed by atoms with Gasteiger partial charge < -0.3 is 33.8 Å². The van der Waals surface area contributed by atoms with Crippen LogP contribution in [0.15, 0.2) is 0 Å². The third-order valence-corrected chi connectivity index (χ3v) is 19.4. The number of carbonyl (C=O) groups is 4. The van der Waals surface area contributed by atoms with Crippen molar-refractivity contribution in [3.8, 4) is 0 Å². The summed E-state index contributed by atoms with van der Waals surface area (Å²) in [5.41, 5.74) is 0. The van der Waals surface area contributed by atoms with Gasteiger partial charge in [-0.3, -0.25) is 37.3 Å². The van der Waals surface area contributed by atoms with Crippen molar-refractivity contribution in [2.45, 2.75) is 412 Å². The highest BCUT2D eigenvalue weighted by Crippen LogP contribution is 2.45. The second-order valence-electron chi connectivity index (χ2n) is 27.5. The molecule has 3 N–H and O–H groups in total. The molecule has 0 aromatic heterocycles. The highest BCUT2D eigenvalue weighted by Gasteiger charge is 2.30. The molecule has 5 atom stereocenters. The van der Waals surface area contributed by atoms with Crippen molar-refractivity contribution < 1.29 is 80.2 Å². The number of aliphatic hydroxyl groups is 1. The van der Waals surface area contributed by atoms with E-state index in [0.717, 1.165) is 109 Å². The number of hydrogen-bond acceptors (Lipinski definition) is 15. The van der Waals surface area contributed by atoms with Crippen LogP contribution < -0.4 is 0 Å². The summed E-state index contributed by atoms with van der Waals surface area (Å²) in [5, 5.41) is 10.6. The summed E-state index contributed by atoms with van der Waals surface area (Å²) in [6.45, 7) is 7.27. The zero-order chi connectivity index (χ0) is 69.1. The molecule has 0 fully saturated rings. The number of carbonyl (C=O) groups excluding carboxylic acids is 4. The van der Waals surface area contributed by atoms with Gasteiger partial charge in [0.2, 0.25) is 0 Å². The Labute approximate surface area is 575 Å². The molecule has 19 heteroatoms. The summed E-state index contributed by atoms with van der Waals surface area (Å²) in [6, 6.07) is 0. The van der Waals surface area contributed by atoms with E-state index >= 15 is 0 Å². The Hall–Kier alpha value is -1.94. The smallest absolute Gasteiger partial charge is 0.462 e. The summed E-state index contributed by atoms with van der Waals surface area (Å²) in [4.78, 5) is 72.6. The predicted molar refractivity (Wildman–Crippen MR) is 382 cm³/mol. The quantitative estimate of drug-likeness (QED) is 0.0222. The Morgan fingerprint density at radius 3 is 0.723 bits per heavy atom. The van der Waals surface area contributed by atoms with Crippen LogP contribution in [0.25, 0.3) is 0 Å². The summed E-state index contributed by atoms with van der Waals surface area (Å²) < 4.78 is 68.4. The number of unbranched alkanes of at least 4 members (excludes halogenated alkanes) is 47. The van der Waals surface area contributed by atoms with Crippen LogP contribution in [0.2, 0.25) is 0 Å². The fourth-order valence-electron chi connectivity index (χ4n) is 11.5. The van der Waals surface area contributed by atoms with Crippen LogP contribution in [0.1, 0.15) is 394 Å². The van der Waals surface area contributed by atoms with Crippen molar-refractivity contribution in [3.05, 3.63) is 0 Å². The molecule has 0 bridgehead atoms. The van der Waals surface area contributed by atoms with Crippen molar-refractivity contribution >= 4 is 39.5 Å². The minimum absolute atomic E-state index is 0.108. The lowest BCUT2D eigenvalue weighted by Gasteiger charge is -2.21. The molecule has 0 amide bonds. The SMILES string of the molecule is CCCCCCCCCCCCCCCCCCCCC(=O)O[C@H](COC(=O)CCCCCCCCCCCCCCC(C)C)COP(=O)(O)OC[C@@H](O)COP(=O)(O)OC[C@@H](COC(=O)CCCCCCCCC)OC(=O)CCCCCCCCCCCCCCCC. The maximum absolute atomic E-state index is 13.1. The third kappa shape index (κ3) is 68.6. The third-order valence-electron chi connectivity index (χ3n) is 17.5. The van der Waals surface area contributed by atoms with Crippen LogP contribution in [0.5, 0.6) is 0 Å². The lowest BCUT2D eigenvalue weighted by molar-refractivity contribution is -0.161. The molecule has 0 aliphatic carbocycles. The second-order valence-corrected chi connectivity index (χ2v) is 30.4. The Morgan fingerprint density at radius 1 is 0.287 bits per heavy atom. The van der Waals surface area contributed by atoms with Crippen LogP contribution >= 0.6 is 15.6 Å². The molecule has 0 radical (unpaired) electrons. The summed E-state index contributed by atoms with van der Waals surface area (Å²) >= 11 is 0. The van der Waals surface area contributed by atoms with Gasteiger partial charge in [-0.1, -0.05) is 343 Å². The topological polar surface area (TPSA) is 237 Å². The zero-order valence-electron chi connectivity index (χ0n) is 61.1. The molecule has 0 heterocycles. The van der Waals surface area contributed by atoms with E-state index in [1.165, 1.54) is 205 Å². The molecule has 0 spiro atoms. The summed E-state index contributed by atoms with van der Waals surface area (Å²) in [7, 11) is -9.90. The first-order chi connectivity index (χ1) is 45.5. The van der Waals surface area contributed by atoms with Gasteiger partial charge in [-0.05, 0) is 31.6 Å². The van der Waals surface area contributed by atoms with Gasteiger partial charge in [0, 0.05) is 25.7 Å². The van der Waals surface area contributed by atoms with Gasteiger partial charge in [0.05, 0.1) is 26.4 Å². The van der Waals surface area contributed by atoms with Gasteiger partial charge in [0.15, 0.2) is 12.2 Å². The number of esters is 4. The van der Waals surface area contributed by atoms with Gasteiger partial charge in [-0.15, -0.1) is 0 Å². The number of hydrogen-bond donors (Lipinski definition) is 3. The molecule has 94 heavy (non-hydrogen) atoms. The van der Waals surface area contributed by atoms with E-state index in [4.69, 9.17) is 37.0 Å². The maximum atomic E-state index is 13.1. The number of phosphoric acid groups is 2. The molecule has 0 aliphatic rings. The predicted octanol–water partition coefficient (Wildman–Crippen LogP) is 22.1. The van der Waals surface area contributed by atoms with Crippen molar-refractivity contribution in [1.82, 2.24) is 0 Å². The first-order valence-corrected chi connectivity index (χ1v) is 42.1. The Balaban J connectivity index is 5.19. The molecular formula is C75H146O17P2. The highest BCUT2D eigenvalue weighted by atomic mass is 31.2. The molecule has 17 nitrogen and oxygen atoms in total. The fraction of sp³-hybridized carbons (Fsp3) is 0.947. The van der Waals surface area contributed by atoms with E-state index in [9.17, 15) is 43.2 Å². The number of rotatable bonds is 75. The average molecular weight is 1380 g/mol. The molecule has 0 rings (SSSR count). The minimum Gasteiger partial charge on any atom is -0.462 e. The molecule has 0 saturated heterocycles. The molecule has 2 unspecified atom stereocenters. The van der Waals surface area contributed by atoms with Crippen molar-refractivity contribution in [2.75, 3.05) is 39.6 Å². The van der Waals surface area contributed by atoms with Crippen LogP contribution in [0, 0.1) is 5.92 Å². The molecule has 558 valence electrons. The van der Waals surface area contributed by atoms with Gasteiger partial charge in [-0.25, -0.2) is 9.13 Å². The second kappa shape index (κ2) is 68.2. The maximum Gasteiger partial charge on any atom is 0.472 e. The van der Waals surface area contributed by atoms with Crippen LogP contribution in [0.4, 0.5) is 0 Å². The minimum atomic E-state index is -4.95. The van der Waals surface area contributed by atoms with Gasteiger partial charge in [0.25, 0.3) is 0 Å². The standard InChI is InChI=1S/C75H146O17P2/c1-6-9-12-15-18-20-22-24-26-27-28-29-31-37-41-46-51-56-61-75(80)92-71(65-86-73(78)59-54-49-44-39-35-33-32-34-38-43-47-52-57-68(4)5)67-90-94(83,84)88-63-69(76)62-87-93(81,82)89-66-70(64-85-72(77)58-53-48-42-17-14-11-8-3)91-74(79)60-55-50-45-40-36-30-25-23-21-19-16-13-10-7-2/h68-71,76H,6-67H2,1-5H3,(H,81,82)(H,83,84)/t69-,70+,71+/m0/s1. The average Bonchev–Trinajstić information content (AvgIpc) is 2.12. The Bertz CT molecular complexity index is 1810. The van der Waals surface area contributed by atoms with Crippen molar-refractivity contribution in [1.29, 1.82) is 0 Å². The number of phosphoric ester groups is 2. The molecule has 0 aromatic carbocycles. The molecule has 0 aromatic rings. The van der Waals surface area contributed by atoms with Crippen molar-refractivity contribution in [3.63, 3.8) is 0 Å². The Kier molecular flexibility index (Phi) is 66.8. The fourth-order valence-corrected chi connectivity index (χ4v) is 13.1.